The molecule has 54 heavy (non-hydrogen) atoms. The van der Waals surface area contributed by atoms with Gasteiger partial charge in [-0.05, 0) is 73.4 Å². The first-order valence-electron chi connectivity index (χ1n) is 14.6. The summed E-state index contributed by atoms with van der Waals surface area (Å²) in [7, 11) is -9.17. The fraction of sp³-hybridized carbons (Fsp3) is 0.111. The van der Waals surface area contributed by atoms with E-state index in [4.69, 9.17) is 34.7 Å². The molecule has 5 aromatic rings. The SMILES string of the molecule is CCn1c(O)c(N=Nc2cc(Nc3nc(Cl)nc(Nc4ccc(S(O)(O)O)c(Nc5nc(N)nc(Cl)n5)c4)n3)ccc2S(=O)(=O)O)c(C)c(C(N)=O)c1=O. The van der Waals surface area contributed by atoms with Crippen molar-refractivity contribution in [2.24, 2.45) is 16.0 Å². The molecule has 0 fully saturated rings. The number of hydrogen-bond donors (Lipinski definition) is 10. The summed E-state index contributed by atoms with van der Waals surface area (Å²) in [5, 5.41) is 26.1. The number of amides is 1. The fourth-order valence-corrected chi connectivity index (χ4v) is 6.30. The van der Waals surface area contributed by atoms with Gasteiger partial charge in [-0.3, -0.25) is 18.7 Å². The Morgan fingerprint density at radius 1 is 0.852 bits per heavy atom. The van der Waals surface area contributed by atoms with Gasteiger partial charge in [-0.25, -0.2) is 0 Å². The number of nitrogens with one attached hydrogen (secondary N) is 3. The molecule has 0 unspecified atom stereocenters. The van der Waals surface area contributed by atoms with Gasteiger partial charge in [-0.15, -0.1) is 10.2 Å². The lowest BCUT2D eigenvalue weighted by molar-refractivity contribution is 0.0997. The Morgan fingerprint density at radius 2 is 1.41 bits per heavy atom. The summed E-state index contributed by atoms with van der Waals surface area (Å²) in [5.74, 6) is -2.60. The number of benzene rings is 2. The number of primary amides is 1. The third-order valence-corrected chi connectivity index (χ3v) is 9.17. The van der Waals surface area contributed by atoms with E-state index < -0.39 is 54.5 Å². The van der Waals surface area contributed by atoms with Crippen LogP contribution in [0, 0.1) is 6.92 Å². The largest absolute Gasteiger partial charge is 0.493 e. The number of carbonyl (C=O) groups is 1. The van der Waals surface area contributed by atoms with Crippen LogP contribution >= 0.6 is 34.1 Å². The summed E-state index contributed by atoms with van der Waals surface area (Å²) in [5.41, 5.74) is 8.80. The van der Waals surface area contributed by atoms with E-state index in [1.165, 1.54) is 32.0 Å². The molecule has 0 bridgehead atoms. The second-order valence-corrected chi connectivity index (χ2v) is 14.1. The zero-order valence-corrected chi connectivity index (χ0v) is 30.4. The summed E-state index contributed by atoms with van der Waals surface area (Å²) >= 11 is 12.0. The zero-order valence-electron chi connectivity index (χ0n) is 27.3. The van der Waals surface area contributed by atoms with Crippen LogP contribution in [0.4, 0.5) is 52.2 Å². The summed E-state index contributed by atoms with van der Waals surface area (Å²) in [6, 6.07) is 7.07. The van der Waals surface area contributed by atoms with Crippen molar-refractivity contribution in [3.05, 3.63) is 68.4 Å². The molecule has 0 aliphatic carbocycles. The minimum atomic E-state index is -4.90. The molecule has 0 atom stereocenters. The predicted molar refractivity (Wildman–Crippen MR) is 196 cm³/mol. The average molecular weight is 826 g/mol. The van der Waals surface area contributed by atoms with E-state index in [2.05, 4.69) is 56.1 Å². The first-order chi connectivity index (χ1) is 25.2. The monoisotopic (exact) mass is 824 g/mol. The summed E-state index contributed by atoms with van der Waals surface area (Å²) in [4.78, 5) is 47.1. The number of anilines is 7. The smallest absolute Gasteiger partial charge is 0.296 e. The number of rotatable bonds is 12. The lowest BCUT2D eigenvalue weighted by Crippen LogP contribution is -2.30. The third kappa shape index (κ3) is 8.86. The van der Waals surface area contributed by atoms with E-state index in [9.17, 15) is 41.3 Å². The van der Waals surface area contributed by atoms with Crippen molar-refractivity contribution in [3.63, 3.8) is 0 Å². The molecule has 3 heterocycles. The van der Waals surface area contributed by atoms with Gasteiger partial charge in [-0.2, -0.15) is 38.3 Å². The number of carbonyl (C=O) groups excluding carboxylic acids is 1. The first kappa shape index (κ1) is 39.4. The number of azo groups is 1. The van der Waals surface area contributed by atoms with E-state index in [-0.39, 0.29) is 74.1 Å². The van der Waals surface area contributed by atoms with E-state index in [0.717, 1.165) is 22.8 Å². The molecule has 284 valence electrons. The highest BCUT2D eigenvalue weighted by molar-refractivity contribution is 8.19. The standard InChI is InChI=1S/C27H26Cl2N14O9S2/c1-3-43-20(45)17(19(30)44)10(2)18(21(43)46)42-41-14-9-12(5-7-16(14)54(50,51)52)33-26-38-23(29)37-25(40-26)32-11-4-6-15(53(47,48)49)13(8-11)34-27-36-22(28)35-24(31)39-27/h4-9,46-49H,3H2,1-2H3,(H2,30,44)(H,50,51,52)(H3,31,34,35,36,39)(H2,32,33,37,38,40). The van der Waals surface area contributed by atoms with Crippen molar-refractivity contribution in [2.45, 2.75) is 30.2 Å². The highest BCUT2D eigenvalue weighted by atomic mass is 35.5. The van der Waals surface area contributed by atoms with Gasteiger partial charge in [0.25, 0.3) is 21.6 Å². The number of nitrogen functional groups attached to an aromatic ring is 1. The molecule has 0 aliphatic heterocycles. The Balaban J connectivity index is 1.49. The number of nitrogens with two attached hydrogens (primary N) is 2. The van der Waals surface area contributed by atoms with Gasteiger partial charge < -0.3 is 46.2 Å². The molecule has 1 amide bonds. The molecular weight excluding hydrogens is 799 g/mol. The fourth-order valence-electron chi connectivity index (χ4n) is 4.71. The van der Waals surface area contributed by atoms with Crippen LogP contribution in [-0.4, -0.2) is 72.1 Å². The van der Waals surface area contributed by atoms with E-state index in [1.54, 1.807) is 0 Å². The van der Waals surface area contributed by atoms with Crippen molar-refractivity contribution in [1.82, 2.24) is 34.5 Å². The van der Waals surface area contributed by atoms with Crippen molar-refractivity contribution in [3.8, 4) is 5.88 Å². The van der Waals surface area contributed by atoms with Crippen LogP contribution in [-0.2, 0) is 16.7 Å². The Morgan fingerprint density at radius 3 is 1.94 bits per heavy atom. The quantitative estimate of drug-likeness (QED) is 0.0601. The van der Waals surface area contributed by atoms with Gasteiger partial charge in [0, 0.05) is 23.5 Å². The maximum absolute atomic E-state index is 12.7. The van der Waals surface area contributed by atoms with Crippen LogP contribution < -0.4 is 33.0 Å². The topological polar surface area (TPSA) is 365 Å². The van der Waals surface area contributed by atoms with Crippen LogP contribution in [0.1, 0.15) is 22.8 Å². The first-order valence-corrected chi connectivity index (χ1v) is 18.3. The molecule has 3 aromatic heterocycles. The van der Waals surface area contributed by atoms with Crippen LogP contribution in [0.5, 0.6) is 5.88 Å². The Hall–Kier alpha value is -5.80. The lowest BCUT2D eigenvalue weighted by Gasteiger charge is -2.23. The van der Waals surface area contributed by atoms with Crippen LogP contribution in [0.25, 0.3) is 0 Å². The Labute approximate surface area is 314 Å². The van der Waals surface area contributed by atoms with Crippen LogP contribution in [0.2, 0.25) is 10.6 Å². The zero-order chi connectivity index (χ0) is 39.7. The van der Waals surface area contributed by atoms with Crippen molar-refractivity contribution < 1.29 is 36.5 Å². The van der Waals surface area contributed by atoms with Crippen molar-refractivity contribution in [1.29, 1.82) is 0 Å². The number of hydrogen-bond acceptors (Lipinski definition) is 20. The molecule has 23 nitrogen and oxygen atoms in total. The van der Waals surface area contributed by atoms with Gasteiger partial charge in [0.05, 0.1) is 10.6 Å². The number of aromatic hydroxyl groups is 1. The van der Waals surface area contributed by atoms with Crippen LogP contribution in [0.15, 0.2) is 61.2 Å². The maximum atomic E-state index is 12.7. The molecule has 0 saturated carbocycles. The van der Waals surface area contributed by atoms with Gasteiger partial charge >= 0.3 is 0 Å². The van der Waals surface area contributed by atoms with Gasteiger partial charge in [-0.1, -0.05) is 0 Å². The van der Waals surface area contributed by atoms with E-state index in [0.29, 0.717) is 0 Å². The van der Waals surface area contributed by atoms with Crippen molar-refractivity contribution >= 4 is 102 Å². The van der Waals surface area contributed by atoms with Gasteiger partial charge in [0.15, 0.2) is 0 Å². The Bertz CT molecular complexity index is 2500. The molecule has 12 N–H and O–H groups in total. The normalized spacial score (nSPS) is 12.1. The molecule has 2 aromatic carbocycles. The second kappa shape index (κ2) is 15.3. The Kier molecular flexibility index (Phi) is 11.2. The van der Waals surface area contributed by atoms with E-state index >= 15 is 0 Å². The number of aromatic nitrogens is 7. The minimum absolute atomic E-state index is 0.0705. The maximum Gasteiger partial charge on any atom is 0.296 e. The van der Waals surface area contributed by atoms with E-state index in [1.807, 2.05) is 0 Å². The van der Waals surface area contributed by atoms with Crippen molar-refractivity contribution in [2.75, 3.05) is 21.7 Å². The molecule has 0 aliphatic rings. The minimum Gasteiger partial charge on any atom is -0.493 e. The molecule has 5 rings (SSSR count). The molecule has 0 saturated heterocycles. The number of nitrogens with zero attached hydrogens (tertiary/aromatic N) is 9. The second-order valence-electron chi connectivity index (χ2n) is 10.6. The number of halogens is 2. The third-order valence-electron chi connectivity index (χ3n) is 6.98. The molecule has 27 heteroatoms. The molecule has 0 spiro atoms. The summed E-state index contributed by atoms with van der Waals surface area (Å²) in [6.07, 6.45) is 0. The molecular formula is C27H26Cl2N14O9S2. The van der Waals surface area contributed by atoms with Gasteiger partial charge in [0.2, 0.25) is 40.2 Å². The highest BCUT2D eigenvalue weighted by Gasteiger charge is 2.24. The van der Waals surface area contributed by atoms with Crippen LogP contribution in [0.3, 0.4) is 0 Å². The summed E-state index contributed by atoms with van der Waals surface area (Å²) < 4.78 is 65.0. The highest BCUT2D eigenvalue weighted by Crippen LogP contribution is 2.49. The molecule has 0 radical (unpaired) electrons. The number of pyridine rings is 1. The lowest BCUT2D eigenvalue weighted by atomic mass is 10.1. The summed E-state index contributed by atoms with van der Waals surface area (Å²) in [6.45, 7) is 2.70. The predicted octanol–water partition coefficient (Wildman–Crippen LogP) is 4.72. The van der Waals surface area contributed by atoms with Gasteiger partial charge in [0.1, 0.15) is 32.7 Å². The average Bonchev–Trinajstić information content (AvgIpc) is 3.03.